The SMILES string of the molecule is Cc1cc(N)c(C(=O)NCC2CCC(C)CC2)cn1. The van der Waals surface area contributed by atoms with Crippen LogP contribution in [0.25, 0.3) is 0 Å². The van der Waals surface area contributed by atoms with E-state index in [0.717, 1.165) is 18.2 Å². The van der Waals surface area contributed by atoms with Crippen molar-refractivity contribution in [2.75, 3.05) is 12.3 Å². The first-order valence-corrected chi connectivity index (χ1v) is 7.06. The van der Waals surface area contributed by atoms with Crippen LogP contribution < -0.4 is 11.1 Å². The fraction of sp³-hybridized carbons (Fsp3) is 0.600. The van der Waals surface area contributed by atoms with Gasteiger partial charge in [-0.25, -0.2) is 0 Å². The van der Waals surface area contributed by atoms with Crippen molar-refractivity contribution in [2.24, 2.45) is 11.8 Å². The normalized spacial score (nSPS) is 23.1. The maximum Gasteiger partial charge on any atom is 0.254 e. The molecule has 0 atom stereocenters. The lowest BCUT2D eigenvalue weighted by Crippen LogP contribution is -2.31. The molecule has 0 aromatic carbocycles. The predicted molar refractivity (Wildman–Crippen MR) is 76.8 cm³/mol. The fourth-order valence-electron chi connectivity index (χ4n) is 2.64. The molecule has 1 aliphatic rings. The first kappa shape index (κ1) is 13.8. The molecule has 19 heavy (non-hydrogen) atoms. The van der Waals surface area contributed by atoms with Crippen molar-refractivity contribution >= 4 is 11.6 Å². The van der Waals surface area contributed by atoms with Crippen LogP contribution in [0.2, 0.25) is 0 Å². The maximum atomic E-state index is 12.1. The molecule has 104 valence electrons. The number of anilines is 1. The van der Waals surface area contributed by atoms with Gasteiger partial charge in [0.05, 0.1) is 5.56 Å². The van der Waals surface area contributed by atoms with Gasteiger partial charge in [0.15, 0.2) is 0 Å². The average Bonchev–Trinajstić information content (AvgIpc) is 2.37. The molecule has 1 amide bonds. The van der Waals surface area contributed by atoms with E-state index < -0.39 is 0 Å². The molecule has 1 aliphatic carbocycles. The molecule has 0 radical (unpaired) electrons. The summed E-state index contributed by atoms with van der Waals surface area (Å²) in [6.45, 7) is 4.91. The number of hydrogen-bond donors (Lipinski definition) is 2. The van der Waals surface area contributed by atoms with Crippen LogP contribution in [0.15, 0.2) is 12.3 Å². The molecule has 1 aromatic heterocycles. The van der Waals surface area contributed by atoms with E-state index in [1.165, 1.54) is 25.7 Å². The predicted octanol–water partition coefficient (Wildman–Crippen LogP) is 2.53. The lowest BCUT2D eigenvalue weighted by Gasteiger charge is -2.26. The number of aryl methyl sites for hydroxylation is 1. The van der Waals surface area contributed by atoms with Crippen LogP contribution in [-0.2, 0) is 0 Å². The number of hydrogen-bond acceptors (Lipinski definition) is 3. The van der Waals surface area contributed by atoms with Crippen LogP contribution in [0.4, 0.5) is 5.69 Å². The first-order chi connectivity index (χ1) is 9.06. The number of carbonyl (C=O) groups is 1. The fourth-order valence-corrected chi connectivity index (χ4v) is 2.64. The van der Waals surface area contributed by atoms with E-state index in [1.54, 1.807) is 12.3 Å². The van der Waals surface area contributed by atoms with E-state index in [1.807, 2.05) is 6.92 Å². The molecule has 2 rings (SSSR count). The number of nitrogens with one attached hydrogen (secondary N) is 1. The molecule has 3 N–H and O–H groups in total. The van der Waals surface area contributed by atoms with Crippen LogP contribution in [0.3, 0.4) is 0 Å². The Kier molecular flexibility index (Phi) is 4.40. The molecule has 1 fully saturated rings. The van der Waals surface area contributed by atoms with Crippen molar-refractivity contribution in [2.45, 2.75) is 39.5 Å². The van der Waals surface area contributed by atoms with E-state index in [4.69, 9.17) is 5.73 Å². The van der Waals surface area contributed by atoms with Gasteiger partial charge in [-0.2, -0.15) is 0 Å². The van der Waals surface area contributed by atoms with Crippen LogP contribution in [0.1, 0.15) is 48.7 Å². The molecule has 4 heteroatoms. The third kappa shape index (κ3) is 3.69. The summed E-state index contributed by atoms with van der Waals surface area (Å²) in [5.74, 6) is 1.34. The van der Waals surface area contributed by atoms with Gasteiger partial charge in [0.25, 0.3) is 5.91 Å². The first-order valence-electron chi connectivity index (χ1n) is 7.06. The Bertz CT molecular complexity index is 451. The maximum absolute atomic E-state index is 12.1. The minimum atomic E-state index is -0.108. The number of aromatic nitrogens is 1. The van der Waals surface area contributed by atoms with Crippen molar-refractivity contribution in [3.8, 4) is 0 Å². The summed E-state index contributed by atoms with van der Waals surface area (Å²) >= 11 is 0. The molecule has 0 bridgehead atoms. The second-order valence-corrected chi connectivity index (χ2v) is 5.75. The molecule has 1 heterocycles. The molecular weight excluding hydrogens is 238 g/mol. The quantitative estimate of drug-likeness (QED) is 0.878. The monoisotopic (exact) mass is 261 g/mol. The summed E-state index contributed by atoms with van der Waals surface area (Å²) in [6, 6.07) is 1.73. The number of nitrogens with zero attached hydrogens (tertiary/aromatic N) is 1. The Morgan fingerprint density at radius 2 is 2.11 bits per heavy atom. The highest BCUT2D eigenvalue weighted by Crippen LogP contribution is 2.27. The van der Waals surface area contributed by atoms with Gasteiger partial charge in [0, 0.05) is 24.1 Å². The molecule has 0 unspecified atom stereocenters. The summed E-state index contributed by atoms with van der Waals surface area (Å²) in [7, 11) is 0. The van der Waals surface area contributed by atoms with Gasteiger partial charge >= 0.3 is 0 Å². The Hall–Kier alpha value is -1.58. The number of nitrogen functional groups attached to an aromatic ring is 1. The minimum absolute atomic E-state index is 0.108. The van der Waals surface area contributed by atoms with E-state index in [-0.39, 0.29) is 5.91 Å². The van der Waals surface area contributed by atoms with E-state index >= 15 is 0 Å². The lowest BCUT2D eigenvalue weighted by atomic mass is 9.83. The van der Waals surface area contributed by atoms with Gasteiger partial charge in [0.1, 0.15) is 0 Å². The van der Waals surface area contributed by atoms with Gasteiger partial charge in [-0.05, 0) is 37.7 Å². The van der Waals surface area contributed by atoms with Gasteiger partial charge < -0.3 is 11.1 Å². The number of rotatable bonds is 3. The minimum Gasteiger partial charge on any atom is -0.398 e. The van der Waals surface area contributed by atoms with Crippen molar-refractivity contribution in [1.82, 2.24) is 10.3 Å². The van der Waals surface area contributed by atoms with Gasteiger partial charge in [-0.3, -0.25) is 9.78 Å². The number of amides is 1. The summed E-state index contributed by atoms with van der Waals surface area (Å²) in [4.78, 5) is 16.2. The van der Waals surface area contributed by atoms with E-state index in [9.17, 15) is 4.79 Å². The highest BCUT2D eigenvalue weighted by atomic mass is 16.1. The Labute approximate surface area is 114 Å². The zero-order valence-electron chi connectivity index (χ0n) is 11.8. The summed E-state index contributed by atoms with van der Waals surface area (Å²) in [5.41, 5.74) is 7.66. The zero-order chi connectivity index (χ0) is 13.8. The van der Waals surface area contributed by atoms with Crippen LogP contribution >= 0.6 is 0 Å². The molecule has 4 nitrogen and oxygen atoms in total. The average molecular weight is 261 g/mol. The largest absolute Gasteiger partial charge is 0.398 e. The smallest absolute Gasteiger partial charge is 0.254 e. The third-order valence-electron chi connectivity index (χ3n) is 4.00. The second-order valence-electron chi connectivity index (χ2n) is 5.75. The highest BCUT2D eigenvalue weighted by molar-refractivity contribution is 5.98. The summed E-state index contributed by atoms with van der Waals surface area (Å²) in [6.07, 6.45) is 6.53. The number of pyridine rings is 1. The topological polar surface area (TPSA) is 68.0 Å². The number of nitrogens with two attached hydrogens (primary N) is 1. The zero-order valence-corrected chi connectivity index (χ0v) is 11.8. The molecular formula is C15H23N3O. The second kappa shape index (κ2) is 6.04. The van der Waals surface area contributed by atoms with Gasteiger partial charge in [0.2, 0.25) is 0 Å². The van der Waals surface area contributed by atoms with Crippen LogP contribution in [0, 0.1) is 18.8 Å². The van der Waals surface area contributed by atoms with Gasteiger partial charge in [-0.15, -0.1) is 0 Å². The number of carbonyl (C=O) groups excluding carboxylic acids is 1. The van der Waals surface area contributed by atoms with Crippen molar-refractivity contribution in [3.63, 3.8) is 0 Å². The van der Waals surface area contributed by atoms with Crippen molar-refractivity contribution in [1.29, 1.82) is 0 Å². The summed E-state index contributed by atoms with van der Waals surface area (Å²) < 4.78 is 0. The van der Waals surface area contributed by atoms with Crippen molar-refractivity contribution in [3.05, 3.63) is 23.5 Å². The Balaban J connectivity index is 1.87. The molecule has 0 spiro atoms. The molecule has 0 saturated heterocycles. The molecule has 0 aliphatic heterocycles. The highest BCUT2D eigenvalue weighted by Gasteiger charge is 2.19. The molecule has 1 aromatic rings. The van der Waals surface area contributed by atoms with Crippen LogP contribution in [-0.4, -0.2) is 17.4 Å². The Morgan fingerprint density at radius 1 is 1.42 bits per heavy atom. The van der Waals surface area contributed by atoms with E-state index in [2.05, 4.69) is 17.2 Å². The molecule has 1 saturated carbocycles. The standard InChI is InChI=1S/C15H23N3O/c1-10-3-5-12(6-4-10)8-18-15(19)13-9-17-11(2)7-14(13)16/h7,9-10,12H,3-6,8H2,1-2H3,(H2,16,17)(H,18,19). The van der Waals surface area contributed by atoms with Crippen LogP contribution in [0.5, 0.6) is 0 Å². The lowest BCUT2D eigenvalue weighted by molar-refractivity contribution is 0.0942. The summed E-state index contributed by atoms with van der Waals surface area (Å²) in [5, 5.41) is 2.98. The third-order valence-corrected chi connectivity index (χ3v) is 4.00. The van der Waals surface area contributed by atoms with Gasteiger partial charge in [-0.1, -0.05) is 19.8 Å². The van der Waals surface area contributed by atoms with E-state index in [0.29, 0.717) is 17.2 Å². The van der Waals surface area contributed by atoms with Crippen molar-refractivity contribution < 1.29 is 4.79 Å². The Morgan fingerprint density at radius 3 is 2.74 bits per heavy atom.